The van der Waals surface area contributed by atoms with Crippen molar-refractivity contribution in [3.63, 3.8) is 0 Å². The van der Waals surface area contributed by atoms with Crippen LogP contribution >= 0.6 is 23.9 Å². The van der Waals surface area contributed by atoms with Gasteiger partial charge < -0.3 is 9.84 Å². The fourth-order valence-electron chi connectivity index (χ4n) is 3.29. The molecule has 1 heterocycles. The van der Waals surface area contributed by atoms with E-state index in [0.717, 1.165) is 36.2 Å². The number of ether oxygens (including phenoxy) is 1. The standard InChI is InChI=1S/C12H16N2OS2.C12H16O3/c1-16-11-4-2-9(3-5-11)12(15)10-6-7-14(8-10)17-13;1-8-6-5-7-9(2)10(8)15-12(3,4)11(13)14/h2-5,10H,6-8,13H2,1H3;5-7H,1-4H3,(H,13,14). The summed E-state index contributed by atoms with van der Waals surface area (Å²) in [6, 6.07) is 13.6. The van der Waals surface area contributed by atoms with Gasteiger partial charge in [0.2, 0.25) is 0 Å². The molecule has 3 N–H and O–H groups in total. The topological polar surface area (TPSA) is 92.9 Å². The van der Waals surface area contributed by atoms with E-state index in [4.69, 9.17) is 15.0 Å². The smallest absolute Gasteiger partial charge is 0.347 e. The van der Waals surface area contributed by atoms with E-state index in [1.165, 1.54) is 17.0 Å². The van der Waals surface area contributed by atoms with Crippen molar-refractivity contribution < 1.29 is 19.4 Å². The van der Waals surface area contributed by atoms with Crippen molar-refractivity contribution in [2.75, 3.05) is 19.3 Å². The van der Waals surface area contributed by atoms with Gasteiger partial charge in [0.05, 0.1) is 0 Å². The molecule has 0 aliphatic carbocycles. The van der Waals surface area contributed by atoms with Crippen LogP contribution in [0.2, 0.25) is 0 Å². The maximum absolute atomic E-state index is 12.2. The number of thioether (sulfide) groups is 1. The van der Waals surface area contributed by atoms with E-state index >= 15 is 0 Å². The highest BCUT2D eigenvalue weighted by Gasteiger charge is 2.30. The van der Waals surface area contributed by atoms with Crippen LogP contribution in [-0.2, 0) is 4.79 Å². The van der Waals surface area contributed by atoms with Crippen molar-refractivity contribution in [1.82, 2.24) is 4.31 Å². The van der Waals surface area contributed by atoms with Crippen LogP contribution in [0.25, 0.3) is 0 Å². The van der Waals surface area contributed by atoms with E-state index in [1.54, 1.807) is 25.6 Å². The molecular formula is C24H32N2O4S2. The summed E-state index contributed by atoms with van der Waals surface area (Å²) in [5.41, 5.74) is 1.52. The number of aryl methyl sites for hydroxylation is 2. The molecule has 2 aromatic rings. The number of carbonyl (C=O) groups is 2. The Morgan fingerprint density at radius 3 is 2.19 bits per heavy atom. The van der Waals surface area contributed by atoms with Crippen LogP contribution in [0.4, 0.5) is 0 Å². The van der Waals surface area contributed by atoms with Gasteiger partial charge in [-0.2, -0.15) is 0 Å². The van der Waals surface area contributed by atoms with Gasteiger partial charge in [0.15, 0.2) is 11.4 Å². The first-order chi connectivity index (χ1) is 15.1. The molecule has 0 saturated carbocycles. The van der Waals surface area contributed by atoms with E-state index in [0.29, 0.717) is 5.75 Å². The summed E-state index contributed by atoms with van der Waals surface area (Å²) in [7, 11) is 0. The Morgan fingerprint density at radius 2 is 1.72 bits per heavy atom. The number of para-hydroxylation sites is 1. The van der Waals surface area contributed by atoms with Crippen LogP contribution in [0.5, 0.6) is 5.75 Å². The molecule has 6 nitrogen and oxygen atoms in total. The van der Waals surface area contributed by atoms with Crippen LogP contribution in [0.1, 0.15) is 41.8 Å². The van der Waals surface area contributed by atoms with Gasteiger partial charge in [-0.05, 0) is 63.6 Å². The number of nitrogens with zero attached hydrogens (tertiary/aromatic N) is 1. The lowest BCUT2D eigenvalue weighted by Crippen LogP contribution is -2.38. The first-order valence-corrected chi connectivity index (χ1v) is 12.4. The van der Waals surface area contributed by atoms with Crippen molar-refractivity contribution in [3.05, 3.63) is 59.2 Å². The molecule has 1 unspecified atom stereocenters. The van der Waals surface area contributed by atoms with Crippen LogP contribution in [-0.4, -0.2) is 46.1 Å². The van der Waals surface area contributed by atoms with Crippen molar-refractivity contribution in [1.29, 1.82) is 0 Å². The maximum Gasteiger partial charge on any atom is 0.347 e. The molecule has 8 heteroatoms. The summed E-state index contributed by atoms with van der Waals surface area (Å²) in [6.45, 7) is 8.56. The van der Waals surface area contributed by atoms with E-state index in [1.807, 2.05) is 66.9 Å². The average Bonchev–Trinajstić information content (AvgIpc) is 3.26. The normalized spacial score (nSPS) is 16.2. The molecule has 0 bridgehead atoms. The second-order valence-corrected chi connectivity index (χ2v) is 9.82. The first kappa shape index (κ1) is 26.3. The summed E-state index contributed by atoms with van der Waals surface area (Å²) in [5, 5.41) is 14.5. The Morgan fingerprint density at radius 1 is 1.12 bits per heavy atom. The maximum atomic E-state index is 12.2. The predicted molar refractivity (Wildman–Crippen MR) is 132 cm³/mol. The van der Waals surface area contributed by atoms with E-state index in [2.05, 4.69) is 0 Å². The Balaban J connectivity index is 0.000000229. The summed E-state index contributed by atoms with van der Waals surface area (Å²) in [4.78, 5) is 24.3. The predicted octanol–water partition coefficient (Wildman–Crippen LogP) is 4.98. The average molecular weight is 477 g/mol. The molecule has 0 radical (unpaired) electrons. The molecule has 1 fully saturated rings. The van der Waals surface area contributed by atoms with E-state index < -0.39 is 11.6 Å². The molecule has 174 valence electrons. The number of Topliss-reactive ketones (excluding diaryl/α,β-unsaturated/α-hetero) is 1. The zero-order chi connectivity index (χ0) is 23.9. The zero-order valence-corrected chi connectivity index (χ0v) is 20.9. The number of carboxylic acids is 1. The summed E-state index contributed by atoms with van der Waals surface area (Å²) in [6.07, 6.45) is 2.94. The van der Waals surface area contributed by atoms with Crippen molar-refractivity contribution >= 4 is 35.6 Å². The first-order valence-electron chi connectivity index (χ1n) is 10.4. The Labute approximate surface area is 199 Å². The minimum absolute atomic E-state index is 0.103. The second kappa shape index (κ2) is 11.7. The Kier molecular flexibility index (Phi) is 9.64. The van der Waals surface area contributed by atoms with Gasteiger partial charge in [-0.15, -0.1) is 11.8 Å². The molecule has 1 aliphatic heterocycles. The summed E-state index contributed by atoms with van der Waals surface area (Å²) >= 11 is 2.92. The van der Waals surface area contributed by atoms with Gasteiger partial charge in [0.1, 0.15) is 5.75 Å². The highest BCUT2D eigenvalue weighted by molar-refractivity contribution is 7.98. The van der Waals surface area contributed by atoms with Crippen LogP contribution in [0.3, 0.4) is 0 Å². The number of hydrogen-bond donors (Lipinski definition) is 2. The third-order valence-corrected chi connectivity index (χ3v) is 6.70. The minimum Gasteiger partial charge on any atom is -0.478 e. The van der Waals surface area contributed by atoms with Crippen molar-refractivity contribution in [2.45, 2.75) is 44.6 Å². The number of hydrogen-bond acceptors (Lipinski definition) is 7. The summed E-state index contributed by atoms with van der Waals surface area (Å²) < 4.78 is 7.57. The zero-order valence-electron chi connectivity index (χ0n) is 19.3. The SMILES string of the molecule is CSc1ccc(C(=O)C2CCN(SN)C2)cc1.Cc1cccc(C)c1OC(C)(C)C(=O)O. The monoisotopic (exact) mass is 476 g/mol. The van der Waals surface area contributed by atoms with Crippen LogP contribution < -0.4 is 9.88 Å². The highest BCUT2D eigenvalue weighted by atomic mass is 32.2. The number of nitrogens with two attached hydrogens (primary N) is 1. The minimum atomic E-state index is -1.20. The number of benzene rings is 2. The fourth-order valence-corrected chi connectivity index (χ4v) is 4.17. The number of carboxylic acid groups (broad SMARTS) is 1. The summed E-state index contributed by atoms with van der Waals surface area (Å²) in [5.74, 6) is 0.0374. The lowest BCUT2D eigenvalue weighted by molar-refractivity contribution is -0.152. The molecule has 3 rings (SSSR count). The molecule has 0 spiro atoms. The quantitative estimate of drug-likeness (QED) is 0.328. The van der Waals surface area contributed by atoms with Crippen LogP contribution in [0.15, 0.2) is 47.4 Å². The van der Waals surface area contributed by atoms with Gasteiger partial charge in [-0.1, -0.05) is 30.3 Å². The number of ketones is 1. The van der Waals surface area contributed by atoms with E-state index in [-0.39, 0.29) is 11.7 Å². The molecule has 1 saturated heterocycles. The van der Waals surface area contributed by atoms with Gasteiger partial charge >= 0.3 is 5.97 Å². The highest BCUT2D eigenvalue weighted by Crippen LogP contribution is 2.27. The van der Waals surface area contributed by atoms with Crippen LogP contribution in [0, 0.1) is 19.8 Å². The number of carbonyl (C=O) groups excluding carboxylic acids is 1. The third-order valence-electron chi connectivity index (χ3n) is 5.33. The number of aliphatic carboxylic acids is 1. The van der Waals surface area contributed by atoms with Gasteiger partial charge in [0, 0.05) is 41.6 Å². The molecule has 0 amide bonds. The molecule has 32 heavy (non-hydrogen) atoms. The van der Waals surface area contributed by atoms with Gasteiger partial charge in [-0.25, -0.2) is 9.10 Å². The molecule has 0 aromatic heterocycles. The van der Waals surface area contributed by atoms with Crippen molar-refractivity contribution in [3.8, 4) is 5.75 Å². The van der Waals surface area contributed by atoms with Gasteiger partial charge in [-0.3, -0.25) is 9.93 Å². The molecule has 1 atom stereocenters. The van der Waals surface area contributed by atoms with E-state index in [9.17, 15) is 9.59 Å². The lowest BCUT2D eigenvalue weighted by Gasteiger charge is -2.23. The Bertz CT molecular complexity index is 912. The van der Waals surface area contributed by atoms with Crippen molar-refractivity contribution in [2.24, 2.45) is 11.1 Å². The fraction of sp³-hybridized carbons (Fsp3) is 0.417. The molecule has 2 aromatic carbocycles. The third kappa shape index (κ3) is 7.00. The largest absolute Gasteiger partial charge is 0.478 e. The Hall–Kier alpha value is -2.00. The second-order valence-electron chi connectivity index (χ2n) is 8.21. The van der Waals surface area contributed by atoms with Gasteiger partial charge in [0.25, 0.3) is 0 Å². The molecular weight excluding hydrogens is 444 g/mol. The molecule has 1 aliphatic rings. The lowest BCUT2D eigenvalue weighted by atomic mass is 9.97. The number of rotatable bonds is 7.